The van der Waals surface area contributed by atoms with Gasteiger partial charge >= 0.3 is 0 Å². The lowest BCUT2D eigenvalue weighted by Crippen LogP contribution is -2.16. The number of nitrogens with one attached hydrogen (secondary N) is 2. The van der Waals surface area contributed by atoms with Crippen molar-refractivity contribution in [3.63, 3.8) is 0 Å². The molecule has 0 aliphatic carbocycles. The Kier molecular flexibility index (Phi) is 5.13. The summed E-state index contributed by atoms with van der Waals surface area (Å²) >= 11 is 0. The summed E-state index contributed by atoms with van der Waals surface area (Å²) in [4.78, 5) is 9.31. The predicted molar refractivity (Wildman–Crippen MR) is 121 cm³/mol. The molecule has 0 fully saturated rings. The van der Waals surface area contributed by atoms with Gasteiger partial charge in [0.05, 0.1) is 15.9 Å². The first-order valence-corrected chi connectivity index (χ1v) is 11.0. The van der Waals surface area contributed by atoms with Gasteiger partial charge in [0, 0.05) is 5.69 Å². The van der Waals surface area contributed by atoms with Crippen LogP contribution in [0.1, 0.15) is 16.7 Å². The van der Waals surface area contributed by atoms with Crippen LogP contribution < -0.4 is 10.0 Å². The first-order valence-electron chi connectivity index (χ1n) is 9.52. The van der Waals surface area contributed by atoms with Crippen LogP contribution in [0.4, 0.5) is 17.3 Å². The van der Waals surface area contributed by atoms with E-state index in [4.69, 9.17) is 0 Å². The molecule has 0 atom stereocenters. The van der Waals surface area contributed by atoms with Gasteiger partial charge in [-0.3, -0.25) is 4.72 Å². The minimum atomic E-state index is -3.84. The Labute approximate surface area is 176 Å². The third kappa shape index (κ3) is 4.11. The molecule has 0 bridgehead atoms. The van der Waals surface area contributed by atoms with E-state index in [1.165, 1.54) is 0 Å². The van der Waals surface area contributed by atoms with Crippen molar-refractivity contribution in [2.24, 2.45) is 0 Å². The van der Waals surface area contributed by atoms with Crippen molar-refractivity contribution in [2.45, 2.75) is 25.7 Å². The Morgan fingerprint density at radius 3 is 2.00 bits per heavy atom. The molecule has 152 valence electrons. The fraction of sp³-hybridized carbons (Fsp3) is 0.130. The Hall–Kier alpha value is -3.45. The summed E-state index contributed by atoms with van der Waals surface area (Å²) in [5, 5.41) is 3.19. The van der Waals surface area contributed by atoms with Gasteiger partial charge in [-0.2, -0.15) is 0 Å². The zero-order valence-electron chi connectivity index (χ0n) is 17.0. The summed E-state index contributed by atoms with van der Waals surface area (Å²) in [5.74, 6) is 0.484. The molecule has 3 aromatic carbocycles. The second-order valence-electron chi connectivity index (χ2n) is 7.25. The average Bonchev–Trinajstić information content (AvgIpc) is 2.72. The summed E-state index contributed by atoms with van der Waals surface area (Å²) in [5.41, 5.74) is 5.12. The van der Waals surface area contributed by atoms with E-state index in [1.807, 2.05) is 63.2 Å². The maximum atomic E-state index is 13.0. The van der Waals surface area contributed by atoms with Crippen molar-refractivity contribution in [2.75, 3.05) is 10.0 Å². The van der Waals surface area contributed by atoms with Crippen LogP contribution in [0, 0.1) is 20.8 Å². The van der Waals surface area contributed by atoms with Crippen LogP contribution in [-0.4, -0.2) is 18.4 Å². The number of hydrogen-bond donors (Lipinski definition) is 2. The molecule has 1 aromatic heterocycles. The van der Waals surface area contributed by atoms with Crippen LogP contribution in [0.15, 0.2) is 71.6 Å². The van der Waals surface area contributed by atoms with E-state index in [1.54, 1.807) is 24.3 Å². The third-order valence-electron chi connectivity index (χ3n) is 4.90. The molecule has 0 radical (unpaired) electrons. The van der Waals surface area contributed by atoms with Crippen LogP contribution in [0.2, 0.25) is 0 Å². The van der Waals surface area contributed by atoms with E-state index >= 15 is 0 Å². The Bertz CT molecular complexity index is 1330. The summed E-state index contributed by atoms with van der Waals surface area (Å²) in [7, 11) is -3.84. The van der Waals surface area contributed by atoms with Crippen LogP contribution in [0.25, 0.3) is 11.0 Å². The maximum Gasteiger partial charge on any atom is 0.263 e. The molecule has 30 heavy (non-hydrogen) atoms. The van der Waals surface area contributed by atoms with Gasteiger partial charge in [-0.15, -0.1) is 0 Å². The fourth-order valence-electron chi connectivity index (χ4n) is 3.00. The van der Waals surface area contributed by atoms with Crippen molar-refractivity contribution in [1.29, 1.82) is 0 Å². The standard InChI is InChI=1S/C23H22N4O2S/c1-15-8-11-18(12-9-15)24-22-23(26-21-7-5-4-6-20(21)25-22)27-30(28,29)19-13-10-16(2)17(3)14-19/h4-14H,1-3H3,(H,24,25)(H,26,27). The fourth-order valence-corrected chi connectivity index (χ4v) is 4.09. The van der Waals surface area contributed by atoms with Gasteiger partial charge < -0.3 is 5.32 Å². The predicted octanol–water partition coefficient (Wildman–Crippen LogP) is 5.10. The second-order valence-corrected chi connectivity index (χ2v) is 8.93. The highest BCUT2D eigenvalue weighted by Crippen LogP contribution is 2.27. The SMILES string of the molecule is Cc1ccc(Nc2nc3ccccc3nc2NS(=O)(=O)c2ccc(C)c(C)c2)cc1. The second kappa shape index (κ2) is 7.76. The number of para-hydroxylation sites is 2. The molecule has 6 nitrogen and oxygen atoms in total. The summed E-state index contributed by atoms with van der Waals surface area (Å²) in [6.07, 6.45) is 0. The number of fused-ring (bicyclic) bond motifs is 1. The Morgan fingerprint density at radius 1 is 0.733 bits per heavy atom. The minimum Gasteiger partial charge on any atom is -0.337 e. The number of hydrogen-bond acceptors (Lipinski definition) is 5. The first kappa shape index (κ1) is 19.8. The Morgan fingerprint density at radius 2 is 1.37 bits per heavy atom. The van der Waals surface area contributed by atoms with Gasteiger partial charge in [-0.25, -0.2) is 18.4 Å². The molecule has 1 heterocycles. The van der Waals surface area contributed by atoms with Gasteiger partial charge in [0.15, 0.2) is 11.6 Å². The zero-order chi connectivity index (χ0) is 21.3. The number of rotatable bonds is 5. The zero-order valence-corrected chi connectivity index (χ0v) is 17.8. The molecular formula is C23H22N4O2S. The third-order valence-corrected chi connectivity index (χ3v) is 6.24. The van der Waals surface area contributed by atoms with E-state index in [-0.39, 0.29) is 10.7 Å². The minimum absolute atomic E-state index is 0.146. The lowest BCUT2D eigenvalue weighted by atomic mass is 10.1. The van der Waals surface area contributed by atoms with Crippen LogP contribution in [0.3, 0.4) is 0 Å². The van der Waals surface area contributed by atoms with E-state index in [0.717, 1.165) is 22.4 Å². The number of benzene rings is 3. The molecule has 0 unspecified atom stereocenters. The summed E-state index contributed by atoms with van der Waals surface area (Å²) < 4.78 is 28.7. The number of anilines is 3. The molecule has 0 amide bonds. The lowest BCUT2D eigenvalue weighted by molar-refractivity contribution is 0.601. The van der Waals surface area contributed by atoms with Crippen molar-refractivity contribution in [3.8, 4) is 0 Å². The largest absolute Gasteiger partial charge is 0.337 e. The van der Waals surface area contributed by atoms with Gasteiger partial charge in [0.1, 0.15) is 0 Å². The molecule has 0 aliphatic heterocycles. The summed E-state index contributed by atoms with van der Waals surface area (Å²) in [6.45, 7) is 5.83. The molecule has 0 spiro atoms. The van der Waals surface area contributed by atoms with Crippen molar-refractivity contribution in [3.05, 3.63) is 83.4 Å². The lowest BCUT2D eigenvalue weighted by Gasteiger charge is -2.14. The first-order chi connectivity index (χ1) is 14.3. The molecule has 0 saturated heterocycles. The average molecular weight is 419 g/mol. The molecule has 4 aromatic rings. The van der Waals surface area contributed by atoms with Crippen LogP contribution in [0.5, 0.6) is 0 Å². The molecule has 0 saturated carbocycles. The highest BCUT2D eigenvalue weighted by Gasteiger charge is 2.19. The molecule has 7 heteroatoms. The molecular weight excluding hydrogens is 396 g/mol. The number of aromatic nitrogens is 2. The van der Waals surface area contributed by atoms with Gasteiger partial charge in [-0.1, -0.05) is 35.9 Å². The summed E-state index contributed by atoms with van der Waals surface area (Å²) in [6, 6.07) is 20.1. The number of nitrogens with zero attached hydrogens (tertiary/aromatic N) is 2. The van der Waals surface area contributed by atoms with E-state index in [2.05, 4.69) is 20.0 Å². The maximum absolute atomic E-state index is 13.0. The highest BCUT2D eigenvalue weighted by atomic mass is 32.2. The highest BCUT2D eigenvalue weighted by molar-refractivity contribution is 7.92. The van der Waals surface area contributed by atoms with Crippen LogP contribution in [-0.2, 0) is 10.0 Å². The van der Waals surface area contributed by atoms with E-state index in [9.17, 15) is 8.42 Å². The molecule has 0 aliphatic rings. The number of aryl methyl sites for hydroxylation is 3. The van der Waals surface area contributed by atoms with E-state index in [0.29, 0.717) is 16.9 Å². The smallest absolute Gasteiger partial charge is 0.263 e. The van der Waals surface area contributed by atoms with E-state index < -0.39 is 10.0 Å². The monoisotopic (exact) mass is 418 g/mol. The van der Waals surface area contributed by atoms with Crippen molar-refractivity contribution < 1.29 is 8.42 Å². The van der Waals surface area contributed by atoms with Crippen molar-refractivity contribution in [1.82, 2.24) is 9.97 Å². The van der Waals surface area contributed by atoms with Gasteiger partial charge in [0.2, 0.25) is 0 Å². The Balaban J connectivity index is 1.77. The van der Waals surface area contributed by atoms with Gasteiger partial charge in [0.25, 0.3) is 10.0 Å². The topological polar surface area (TPSA) is 84.0 Å². The normalized spacial score (nSPS) is 11.4. The molecule has 2 N–H and O–H groups in total. The number of sulfonamides is 1. The quantitative estimate of drug-likeness (QED) is 0.471. The molecule has 4 rings (SSSR count). The van der Waals surface area contributed by atoms with Gasteiger partial charge in [-0.05, 0) is 68.3 Å². The van der Waals surface area contributed by atoms with Crippen molar-refractivity contribution >= 4 is 38.4 Å². The van der Waals surface area contributed by atoms with Crippen LogP contribution >= 0.6 is 0 Å².